The summed E-state index contributed by atoms with van der Waals surface area (Å²) in [6, 6.07) is 14.2. The van der Waals surface area contributed by atoms with Crippen LogP contribution in [0.25, 0.3) is 11.0 Å². The van der Waals surface area contributed by atoms with Crippen molar-refractivity contribution in [2.45, 2.75) is 39.8 Å². The summed E-state index contributed by atoms with van der Waals surface area (Å²) in [5, 5.41) is 10.3. The number of imidazole rings is 1. The average molecular weight is 324 g/mol. The molecule has 0 aliphatic rings. The summed E-state index contributed by atoms with van der Waals surface area (Å²) in [5.41, 5.74) is 4.26. The molecular formula is C20H24N2O2. The highest BCUT2D eigenvalue weighted by Gasteiger charge is 2.16. The maximum atomic E-state index is 10.3. The van der Waals surface area contributed by atoms with Crippen LogP contribution in [-0.2, 0) is 6.54 Å². The topological polar surface area (TPSA) is 47.3 Å². The molecule has 1 heterocycles. The highest BCUT2D eigenvalue weighted by atomic mass is 16.5. The number of aliphatic hydroxyl groups is 1. The molecule has 0 radical (unpaired) electrons. The van der Waals surface area contributed by atoms with Crippen molar-refractivity contribution in [2.75, 3.05) is 6.61 Å². The van der Waals surface area contributed by atoms with Crippen LogP contribution in [0.15, 0.2) is 42.5 Å². The van der Waals surface area contributed by atoms with Crippen molar-refractivity contribution < 1.29 is 9.84 Å². The van der Waals surface area contributed by atoms with Crippen molar-refractivity contribution in [3.63, 3.8) is 0 Å². The van der Waals surface area contributed by atoms with Gasteiger partial charge in [-0.15, -0.1) is 0 Å². The summed E-state index contributed by atoms with van der Waals surface area (Å²) >= 11 is 0. The van der Waals surface area contributed by atoms with Gasteiger partial charge in [0.05, 0.1) is 17.6 Å². The van der Waals surface area contributed by atoms with Gasteiger partial charge < -0.3 is 14.4 Å². The quantitative estimate of drug-likeness (QED) is 0.740. The standard InChI is InChI=1S/C20H24N2O2/c1-4-18(23)20-21-16-7-5-6-8-17(16)22(20)11-12-24-19-13-14(2)9-10-15(19)3/h5-10,13,18,23H,4,11-12H2,1-3H3/t18-/m0/s1. The van der Waals surface area contributed by atoms with Crippen LogP contribution in [0.1, 0.15) is 36.4 Å². The molecule has 1 aromatic heterocycles. The Balaban J connectivity index is 1.82. The van der Waals surface area contributed by atoms with Crippen molar-refractivity contribution in [1.82, 2.24) is 9.55 Å². The maximum absolute atomic E-state index is 10.3. The van der Waals surface area contributed by atoms with Crippen LogP contribution < -0.4 is 4.74 Å². The van der Waals surface area contributed by atoms with Gasteiger partial charge in [0.1, 0.15) is 24.3 Å². The zero-order valence-electron chi connectivity index (χ0n) is 14.5. The summed E-state index contributed by atoms with van der Waals surface area (Å²) in [4.78, 5) is 4.60. The fourth-order valence-electron chi connectivity index (χ4n) is 2.88. The summed E-state index contributed by atoms with van der Waals surface area (Å²) in [5.74, 6) is 1.63. The van der Waals surface area contributed by atoms with Gasteiger partial charge in [-0.3, -0.25) is 0 Å². The third-order valence-corrected chi connectivity index (χ3v) is 4.28. The van der Waals surface area contributed by atoms with Crippen LogP contribution in [0.4, 0.5) is 0 Å². The molecule has 126 valence electrons. The van der Waals surface area contributed by atoms with E-state index in [9.17, 15) is 5.11 Å². The van der Waals surface area contributed by atoms with Crippen LogP contribution in [0, 0.1) is 13.8 Å². The Bertz CT molecular complexity index is 839. The first-order chi connectivity index (χ1) is 11.6. The van der Waals surface area contributed by atoms with Gasteiger partial charge in [-0.05, 0) is 49.6 Å². The Morgan fingerprint density at radius 2 is 1.96 bits per heavy atom. The Morgan fingerprint density at radius 1 is 1.17 bits per heavy atom. The molecule has 1 atom stereocenters. The minimum absolute atomic E-state index is 0.536. The summed E-state index contributed by atoms with van der Waals surface area (Å²) in [7, 11) is 0. The molecule has 0 aliphatic carbocycles. The molecule has 0 unspecified atom stereocenters. The number of hydrogen-bond acceptors (Lipinski definition) is 3. The number of ether oxygens (including phenoxy) is 1. The number of aliphatic hydroxyl groups excluding tert-OH is 1. The molecule has 3 aromatic rings. The molecule has 2 aromatic carbocycles. The third-order valence-electron chi connectivity index (χ3n) is 4.28. The van der Waals surface area contributed by atoms with Gasteiger partial charge in [-0.2, -0.15) is 0 Å². The van der Waals surface area contributed by atoms with E-state index in [1.807, 2.05) is 38.1 Å². The van der Waals surface area contributed by atoms with E-state index in [-0.39, 0.29) is 0 Å². The zero-order chi connectivity index (χ0) is 17.1. The second kappa shape index (κ2) is 7.05. The number of nitrogens with zero attached hydrogens (tertiary/aromatic N) is 2. The molecule has 0 spiro atoms. The predicted molar refractivity (Wildman–Crippen MR) is 96.4 cm³/mol. The second-order valence-corrected chi connectivity index (χ2v) is 6.15. The summed E-state index contributed by atoms with van der Waals surface area (Å²) in [6.07, 6.45) is 0.0827. The number of aromatic nitrogens is 2. The van der Waals surface area contributed by atoms with Crippen LogP contribution in [-0.4, -0.2) is 21.3 Å². The number of benzene rings is 2. The Hall–Kier alpha value is -2.33. The maximum Gasteiger partial charge on any atom is 0.138 e. The Kier molecular flexibility index (Phi) is 4.86. The third kappa shape index (κ3) is 3.29. The highest BCUT2D eigenvalue weighted by Crippen LogP contribution is 2.23. The second-order valence-electron chi connectivity index (χ2n) is 6.15. The minimum Gasteiger partial charge on any atom is -0.491 e. The number of aryl methyl sites for hydroxylation is 2. The Morgan fingerprint density at radius 3 is 2.75 bits per heavy atom. The SMILES string of the molecule is CC[C@H](O)c1nc2ccccc2n1CCOc1cc(C)ccc1C. The first-order valence-corrected chi connectivity index (χ1v) is 8.43. The lowest BCUT2D eigenvalue weighted by Gasteiger charge is -2.14. The highest BCUT2D eigenvalue weighted by molar-refractivity contribution is 5.76. The zero-order valence-corrected chi connectivity index (χ0v) is 14.5. The number of fused-ring (bicyclic) bond motifs is 1. The van der Waals surface area contributed by atoms with E-state index in [4.69, 9.17) is 4.74 Å². The van der Waals surface area contributed by atoms with Crippen LogP contribution in [0.2, 0.25) is 0 Å². The van der Waals surface area contributed by atoms with Gasteiger partial charge >= 0.3 is 0 Å². The molecule has 0 bridgehead atoms. The Labute approximate surface area is 142 Å². The molecule has 0 saturated heterocycles. The minimum atomic E-state index is -0.557. The van der Waals surface area contributed by atoms with Gasteiger partial charge in [0, 0.05) is 0 Å². The smallest absolute Gasteiger partial charge is 0.138 e. The normalized spacial score (nSPS) is 12.5. The molecule has 3 rings (SSSR count). The van der Waals surface area contributed by atoms with Crippen molar-refractivity contribution in [1.29, 1.82) is 0 Å². The molecule has 4 heteroatoms. The molecule has 0 saturated carbocycles. The fourth-order valence-corrected chi connectivity index (χ4v) is 2.88. The van der Waals surface area contributed by atoms with Gasteiger partial charge in [-0.25, -0.2) is 4.98 Å². The lowest BCUT2D eigenvalue weighted by molar-refractivity contribution is 0.157. The van der Waals surface area contributed by atoms with Crippen LogP contribution in [0.5, 0.6) is 5.75 Å². The van der Waals surface area contributed by atoms with Crippen LogP contribution >= 0.6 is 0 Å². The van der Waals surface area contributed by atoms with Gasteiger partial charge in [0.15, 0.2) is 0 Å². The van der Waals surface area contributed by atoms with Crippen molar-refractivity contribution in [3.05, 3.63) is 59.4 Å². The number of para-hydroxylation sites is 2. The molecule has 0 fully saturated rings. The first-order valence-electron chi connectivity index (χ1n) is 8.43. The van der Waals surface area contributed by atoms with E-state index in [1.54, 1.807) is 0 Å². The summed E-state index contributed by atoms with van der Waals surface area (Å²) in [6.45, 7) is 7.26. The van der Waals surface area contributed by atoms with Crippen molar-refractivity contribution in [2.24, 2.45) is 0 Å². The van der Waals surface area contributed by atoms with Gasteiger partial charge in [-0.1, -0.05) is 31.2 Å². The lowest BCUT2D eigenvalue weighted by Crippen LogP contribution is -2.14. The van der Waals surface area contributed by atoms with Crippen molar-refractivity contribution >= 4 is 11.0 Å². The fraction of sp³-hybridized carbons (Fsp3) is 0.350. The molecule has 4 nitrogen and oxygen atoms in total. The van der Waals surface area contributed by atoms with E-state index < -0.39 is 6.10 Å². The van der Waals surface area contributed by atoms with E-state index in [0.29, 0.717) is 25.4 Å². The van der Waals surface area contributed by atoms with Gasteiger partial charge in [0.2, 0.25) is 0 Å². The average Bonchev–Trinajstić information content (AvgIpc) is 2.96. The van der Waals surface area contributed by atoms with E-state index in [2.05, 4.69) is 34.7 Å². The molecule has 0 amide bonds. The number of hydrogen-bond donors (Lipinski definition) is 1. The van der Waals surface area contributed by atoms with Crippen LogP contribution in [0.3, 0.4) is 0 Å². The molecule has 24 heavy (non-hydrogen) atoms. The van der Waals surface area contributed by atoms with E-state index >= 15 is 0 Å². The largest absolute Gasteiger partial charge is 0.491 e. The van der Waals surface area contributed by atoms with E-state index in [1.165, 1.54) is 5.56 Å². The summed E-state index contributed by atoms with van der Waals surface area (Å²) < 4.78 is 8.04. The van der Waals surface area contributed by atoms with Crippen molar-refractivity contribution in [3.8, 4) is 5.75 Å². The predicted octanol–water partition coefficient (Wildman–Crippen LogP) is 4.18. The van der Waals surface area contributed by atoms with E-state index in [0.717, 1.165) is 22.3 Å². The molecular weight excluding hydrogens is 300 g/mol. The van der Waals surface area contributed by atoms with Gasteiger partial charge in [0.25, 0.3) is 0 Å². The first kappa shape index (κ1) is 16.5. The molecule has 0 aliphatic heterocycles. The monoisotopic (exact) mass is 324 g/mol. The molecule has 1 N–H and O–H groups in total. The lowest BCUT2D eigenvalue weighted by atomic mass is 10.1. The number of rotatable bonds is 6.